The average molecular weight is 383 g/mol. The predicted molar refractivity (Wildman–Crippen MR) is 75.8 cm³/mol. The van der Waals surface area contributed by atoms with Crippen LogP contribution in [-0.4, -0.2) is 36.4 Å². The zero-order valence-electron chi connectivity index (χ0n) is 10.00. The number of rotatable bonds is 5. The average Bonchev–Trinajstić information content (AvgIpc) is 2.25. The predicted octanol–water partition coefficient (Wildman–Crippen LogP) is 1.77. The Morgan fingerprint density at radius 2 is 2.06 bits per heavy atom. The molecule has 0 aliphatic heterocycles. The van der Waals surface area contributed by atoms with Gasteiger partial charge in [0.25, 0.3) is 0 Å². The van der Waals surface area contributed by atoms with Gasteiger partial charge in [0.05, 0.1) is 4.90 Å². The number of nitrogens with zero attached hydrogens (tertiary/aromatic N) is 1. The number of hydrogen-bond acceptors (Lipinski definition) is 3. The fourth-order valence-electron chi connectivity index (χ4n) is 1.44. The lowest BCUT2D eigenvalue weighted by Crippen LogP contribution is -2.40. The Balaban J connectivity index is 3.21. The lowest BCUT2D eigenvalue weighted by Gasteiger charge is -2.24. The van der Waals surface area contributed by atoms with Crippen LogP contribution in [0.15, 0.2) is 29.2 Å². The first-order valence-corrected chi connectivity index (χ1v) is 7.76. The van der Waals surface area contributed by atoms with Gasteiger partial charge in [-0.2, -0.15) is 4.31 Å². The third kappa shape index (κ3) is 3.66. The summed E-state index contributed by atoms with van der Waals surface area (Å²) >= 11 is 2.01. The van der Waals surface area contributed by atoms with E-state index in [0.29, 0.717) is 0 Å². The molecule has 0 atom stereocenters. The van der Waals surface area contributed by atoms with Crippen molar-refractivity contribution in [3.05, 3.63) is 27.8 Å². The fourth-order valence-corrected chi connectivity index (χ4v) is 3.83. The molecule has 7 heteroatoms. The van der Waals surface area contributed by atoms with E-state index in [2.05, 4.69) is 0 Å². The van der Waals surface area contributed by atoms with Gasteiger partial charge in [0.15, 0.2) is 0 Å². The van der Waals surface area contributed by atoms with Crippen LogP contribution in [0.4, 0.5) is 0 Å². The van der Waals surface area contributed by atoms with Crippen molar-refractivity contribution in [2.24, 2.45) is 0 Å². The van der Waals surface area contributed by atoms with Crippen LogP contribution in [0.5, 0.6) is 0 Å². The van der Waals surface area contributed by atoms with Gasteiger partial charge in [0.2, 0.25) is 10.0 Å². The molecule has 0 aliphatic rings. The van der Waals surface area contributed by atoms with Gasteiger partial charge in [-0.15, -0.1) is 0 Å². The number of benzene rings is 1. The van der Waals surface area contributed by atoms with E-state index < -0.39 is 28.6 Å². The summed E-state index contributed by atoms with van der Waals surface area (Å²) in [6.45, 7) is 2.76. The first kappa shape index (κ1) is 15.4. The zero-order valence-corrected chi connectivity index (χ0v) is 13.0. The Morgan fingerprint density at radius 3 is 2.50 bits per heavy atom. The molecule has 0 heterocycles. The highest BCUT2D eigenvalue weighted by Crippen LogP contribution is 2.19. The van der Waals surface area contributed by atoms with Gasteiger partial charge in [-0.25, -0.2) is 8.42 Å². The molecule has 5 nitrogen and oxygen atoms in total. The van der Waals surface area contributed by atoms with Crippen molar-refractivity contribution in [3.63, 3.8) is 0 Å². The molecular formula is C11H14INO4S. The number of hydrogen-bond donors (Lipinski definition) is 1. The van der Waals surface area contributed by atoms with Crippen molar-refractivity contribution in [2.75, 3.05) is 6.54 Å². The summed E-state index contributed by atoms with van der Waals surface area (Å²) in [5.74, 6) is -1.17. The van der Waals surface area contributed by atoms with Gasteiger partial charge >= 0.3 is 5.97 Å². The lowest BCUT2D eigenvalue weighted by molar-refractivity contribution is -0.137. The van der Waals surface area contributed by atoms with E-state index in [9.17, 15) is 13.2 Å². The molecule has 0 spiro atoms. The summed E-state index contributed by atoms with van der Waals surface area (Å²) in [7, 11) is -3.77. The minimum atomic E-state index is -3.77. The zero-order chi connectivity index (χ0) is 13.9. The highest BCUT2D eigenvalue weighted by molar-refractivity contribution is 14.1. The monoisotopic (exact) mass is 383 g/mol. The van der Waals surface area contributed by atoms with Crippen LogP contribution in [-0.2, 0) is 14.8 Å². The molecule has 0 saturated heterocycles. The van der Waals surface area contributed by atoms with E-state index in [1.165, 1.54) is 12.1 Å². The number of carbonyl (C=O) groups is 1. The van der Waals surface area contributed by atoms with Gasteiger partial charge < -0.3 is 5.11 Å². The minimum absolute atomic E-state index is 0.115. The van der Waals surface area contributed by atoms with Crippen LogP contribution < -0.4 is 0 Å². The molecule has 1 rings (SSSR count). The Hall–Kier alpha value is -0.670. The smallest absolute Gasteiger partial charge is 0.318 e. The largest absolute Gasteiger partial charge is 0.480 e. The summed E-state index contributed by atoms with van der Waals surface area (Å²) < 4.78 is 26.4. The summed E-state index contributed by atoms with van der Waals surface area (Å²) in [5, 5.41) is 8.79. The molecule has 18 heavy (non-hydrogen) atoms. The Kier molecular flexibility index (Phi) is 5.11. The molecule has 1 N–H and O–H groups in total. The van der Waals surface area contributed by atoms with Crippen LogP contribution in [0.1, 0.15) is 13.8 Å². The van der Waals surface area contributed by atoms with Gasteiger partial charge in [0, 0.05) is 9.61 Å². The first-order chi connectivity index (χ1) is 8.25. The first-order valence-electron chi connectivity index (χ1n) is 5.24. The van der Waals surface area contributed by atoms with Crippen molar-refractivity contribution in [1.82, 2.24) is 4.31 Å². The molecule has 0 amide bonds. The molecule has 0 saturated carbocycles. The van der Waals surface area contributed by atoms with Crippen LogP contribution in [0.3, 0.4) is 0 Å². The quantitative estimate of drug-likeness (QED) is 0.787. The maximum atomic E-state index is 12.3. The number of aliphatic carboxylic acids is 1. The van der Waals surface area contributed by atoms with Crippen molar-refractivity contribution in [3.8, 4) is 0 Å². The van der Waals surface area contributed by atoms with Crippen molar-refractivity contribution >= 4 is 38.6 Å². The normalized spacial score (nSPS) is 12.1. The fraction of sp³-hybridized carbons (Fsp3) is 0.364. The number of carboxylic acids is 1. The molecule has 100 valence electrons. The summed E-state index contributed by atoms with van der Waals surface area (Å²) in [6.07, 6.45) is 0. The molecule has 1 aromatic rings. The van der Waals surface area contributed by atoms with E-state index in [-0.39, 0.29) is 4.90 Å². The second kappa shape index (κ2) is 5.98. The molecule has 0 aromatic heterocycles. The highest BCUT2D eigenvalue weighted by atomic mass is 127. The van der Waals surface area contributed by atoms with E-state index in [4.69, 9.17) is 5.11 Å². The molecule has 0 unspecified atom stereocenters. The number of halogens is 1. The summed E-state index contributed by atoms with van der Waals surface area (Å²) in [4.78, 5) is 10.9. The second-order valence-electron chi connectivity index (χ2n) is 4.00. The molecular weight excluding hydrogens is 369 g/mol. The highest BCUT2D eigenvalue weighted by Gasteiger charge is 2.28. The van der Waals surface area contributed by atoms with Gasteiger partial charge in [0.1, 0.15) is 6.54 Å². The van der Waals surface area contributed by atoms with E-state index >= 15 is 0 Å². The Labute approximate surface area is 120 Å². The number of carboxylic acid groups (broad SMARTS) is 1. The van der Waals surface area contributed by atoms with Gasteiger partial charge in [-0.05, 0) is 54.6 Å². The lowest BCUT2D eigenvalue weighted by atomic mass is 10.4. The SMILES string of the molecule is CC(C)N(CC(=O)O)S(=O)(=O)c1cccc(I)c1. The third-order valence-electron chi connectivity index (χ3n) is 2.27. The molecule has 0 aliphatic carbocycles. The van der Waals surface area contributed by atoms with Gasteiger partial charge in [-0.1, -0.05) is 6.07 Å². The van der Waals surface area contributed by atoms with Crippen LogP contribution in [0.2, 0.25) is 0 Å². The third-order valence-corrected chi connectivity index (χ3v) is 4.96. The maximum absolute atomic E-state index is 12.3. The summed E-state index contributed by atoms with van der Waals surface area (Å²) in [5.41, 5.74) is 0. The molecule has 0 radical (unpaired) electrons. The topological polar surface area (TPSA) is 74.7 Å². The molecule has 0 bridgehead atoms. The van der Waals surface area contributed by atoms with Crippen LogP contribution >= 0.6 is 22.6 Å². The maximum Gasteiger partial charge on any atom is 0.318 e. The van der Waals surface area contributed by atoms with Crippen molar-refractivity contribution < 1.29 is 18.3 Å². The molecule has 1 aromatic carbocycles. The Bertz CT molecular complexity index is 542. The van der Waals surface area contributed by atoms with Crippen LogP contribution in [0, 0.1) is 3.57 Å². The van der Waals surface area contributed by atoms with E-state index in [1.807, 2.05) is 22.6 Å². The summed E-state index contributed by atoms with van der Waals surface area (Å²) in [6, 6.07) is 5.98. The minimum Gasteiger partial charge on any atom is -0.480 e. The Morgan fingerprint density at radius 1 is 1.44 bits per heavy atom. The standard InChI is InChI=1S/C11H14INO4S/c1-8(2)13(7-11(14)15)18(16,17)10-5-3-4-9(12)6-10/h3-6,8H,7H2,1-2H3,(H,14,15). The van der Waals surface area contributed by atoms with Crippen LogP contribution in [0.25, 0.3) is 0 Å². The second-order valence-corrected chi connectivity index (χ2v) is 7.13. The van der Waals surface area contributed by atoms with Crippen molar-refractivity contribution in [1.29, 1.82) is 0 Å². The van der Waals surface area contributed by atoms with E-state index in [1.54, 1.807) is 26.0 Å². The van der Waals surface area contributed by atoms with Crippen molar-refractivity contribution in [2.45, 2.75) is 24.8 Å². The van der Waals surface area contributed by atoms with Gasteiger partial charge in [-0.3, -0.25) is 4.79 Å². The molecule has 0 fully saturated rings. The van der Waals surface area contributed by atoms with E-state index in [0.717, 1.165) is 7.88 Å². The number of sulfonamides is 1.